The van der Waals surface area contributed by atoms with E-state index < -0.39 is 24.7 Å². The van der Waals surface area contributed by atoms with Gasteiger partial charge in [-0.2, -0.15) is 18.3 Å². The molecule has 3 aromatic heterocycles. The number of hydrogen-bond donors (Lipinski definition) is 0. The van der Waals surface area contributed by atoms with E-state index in [1.54, 1.807) is 11.1 Å². The van der Waals surface area contributed by atoms with Gasteiger partial charge in [0.1, 0.15) is 17.9 Å². The first-order valence-corrected chi connectivity index (χ1v) is 10.3. The summed E-state index contributed by atoms with van der Waals surface area (Å²) in [4.78, 5) is 16.3. The van der Waals surface area contributed by atoms with Gasteiger partial charge in [-0.1, -0.05) is 0 Å². The van der Waals surface area contributed by atoms with Crippen LogP contribution in [-0.2, 0) is 12.7 Å². The van der Waals surface area contributed by atoms with E-state index >= 15 is 0 Å². The van der Waals surface area contributed by atoms with Gasteiger partial charge >= 0.3 is 6.18 Å². The summed E-state index contributed by atoms with van der Waals surface area (Å²) in [5.41, 5.74) is 0.166. The number of piperidine rings is 1. The fraction of sp³-hybridized carbons (Fsp3) is 0.500. The molecule has 0 amide bonds. The van der Waals surface area contributed by atoms with Gasteiger partial charge in [-0.15, -0.1) is 0 Å². The zero-order valence-electron chi connectivity index (χ0n) is 16.9. The van der Waals surface area contributed by atoms with Crippen molar-refractivity contribution in [1.29, 1.82) is 0 Å². The van der Waals surface area contributed by atoms with Crippen LogP contribution in [0.1, 0.15) is 12.0 Å². The van der Waals surface area contributed by atoms with E-state index in [1.165, 1.54) is 18.5 Å². The standard InChI is InChI=1S/C20H20F5N7/c21-17(22)11-32-19-15(6-28-32)27-7-18(29-19)31-8-12-2-4-30(9-13(12)10-31)16-1-3-26-5-14(16)20(23,24)25/h1,3,5-7,12-13,17H,2,4,8-11H2. The SMILES string of the molecule is FC(F)Cn1ncc2ncc(N3CC4CCN(c5ccncc5C(F)(F)F)CC4C3)nc21. The smallest absolute Gasteiger partial charge is 0.371 e. The van der Waals surface area contributed by atoms with Crippen LogP contribution >= 0.6 is 0 Å². The van der Waals surface area contributed by atoms with Crippen molar-refractivity contribution in [1.82, 2.24) is 24.7 Å². The third-order valence-corrected chi connectivity index (χ3v) is 6.21. The fourth-order valence-corrected chi connectivity index (χ4v) is 4.71. The molecule has 2 unspecified atom stereocenters. The van der Waals surface area contributed by atoms with Crippen molar-refractivity contribution < 1.29 is 22.0 Å². The fourth-order valence-electron chi connectivity index (χ4n) is 4.71. The molecule has 32 heavy (non-hydrogen) atoms. The zero-order chi connectivity index (χ0) is 22.5. The first-order valence-electron chi connectivity index (χ1n) is 10.3. The summed E-state index contributed by atoms with van der Waals surface area (Å²) in [6.45, 7) is 1.76. The Morgan fingerprint density at radius 2 is 1.81 bits per heavy atom. The van der Waals surface area contributed by atoms with E-state index in [2.05, 4.69) is 20.1 Å². The quantitative estimate of drug-likeness (QED) is 0.564. The molecule has 5 rings (SSSR count). The predicted octanol–water partition coefficient (Wildman–Crippen LogP) is 3.47. The second kappa shape index (κ2) is 7.82. The van der Waals surface area contributed by atoms with Crippen LogP contribution in [0, 0.1) is 11.8 Å². The third-order valence-electron chi connectivity index (χ3n) is 6.21. The Morgan fingerprint density at radius 1 is 1.03 bits per heavy atom. The van der Waals surface area contributed by atoms with Crippen LogP contribution in [0.15, 0.2) is 30.9 Å². The van der Waals surface area contributed by atoms with Gasteiger partial charge in [0.2, 0.25) is 0 Å². The number of aromatic nitrogens is 5. The molecular formula is C20H20F5N7. The maximum Gasteiger partial charge on any atom is 0.419 e. The average molecular weight is 453 g/mol. The molecule has 0 aromatic carbocycles. The second-order valence-corrected chi connectivity index (χ2v) is 8.21. The molecule has 0 bridgehead atoms. The lowest BCUT2D eigenvalue weighted by Gasteiger charge is -2.36. The lowest BCUT2D eigenvalue weighted by Crippen LogP contribution is -2.40. The van der Waals surface area contributed by atoms with Crippen molar-refractivity contribution in [2.75, 3.05) is 36.0 Å². The van der Waals surface area contributed by atoms with Gasteiger partial charge in [0.15, 0.2) is 5.65 Å². The maximum absolute atomic E-state index is 13.4. The Bertz CT molecular complexity index is 1120. The molecule has 0 aliphatic carbocycles. The van der Waals surface area contributed by atoms with Crippen LogP contribution in [0.2, 0.25) is 0 Å². The number of rotatable bonds is 4. The molecule has 0 N–H and O–H groups in total. The minimum atomic E-state index is -4.46. The summed E-state index contributed by atoms with van der Waals surface area (Å²) in [7, 11) is 0. The summed E-state index contributed by atoms with van der Waals surface area (Å²) >= 11 is 0. The third kappa shape index (κ3) is 3.82. The Hall–Kier alpha value is -3.05. The monoisotopic (exact) mass is 453 g/mol. The lowest BCUT2D eigenvalue weighted by atomic mass is 9.88. The zero-order valence-corrected chi connectivity index (χ0v) is 16.9. The van der Waals surface area contributed by atoms with Crippen LogP contribution in [0.3, 0.4) is 0 Å². The molecule has 5 heterocycles. The van der Waals surface area contributed by atoms with E-state index in [-0.39, 0.29) is 11.6 Å². The van der Waals surface area contributed by atoms with Gasteiger partial charge < -0.3 is 9.80 Å². The number of anilines is 2. The molecule has 2 saturated heterocycles. The number of fused-ring (bicyclic) bond motifs is 2. The van der Waals surface area contributed by atoms with Gasteiger partial charge in [-0.05, 0) is 24.3 Å². The average Bonchev–Trinajstić information content (AvgIpc) is 3.36. The highest BCUT2D eigenvalue weighted by Gasteiger charge is 2.41. The minimum Gasteiger partial charge on any atom is -0.371 e. The van der Waals surface area contributed by atoms with E-state index in [1.807, 2.05) is 4.90 Å². The number of pyridine rings is 1. The van der Waals surface area contributed by atoms with Crippen LogP contribution in [0.5, 0.6) is 0 Å². The first kappa shape index (κ1) is 20.8. The number of alkyl halides is 5. The number of nitrogens with zero attached hydrogens (tertiary/aromatic N) is 7. The normalized spacial score (nSPS) is 21.6. The van der Waals surface area contributed by atoms with Gasteiger partial charge in [-0.3, -0.25) is 4.98 Å². The molecule has 2 aliphatic heterocycles. The molecule has 0 radical (unpaired) electrons. The van der Waals surface area contributed by atoms with Crippen LogP contribution in [0.4, 0.5) is 33.5 Å². The highest BCUT2D eigenvalue weighted by molar-refractivity contribution is 5.71. The molecule has 170 valence electrons. The Balaban J connectivity index is 1.35. The topological polar surface area (TPSA) is 63.0 Å². The maximum atomic E-state index is 13.4. The van der Waals surface area contributed by atoms with Crippen LogP contribution < -0.4 is 9.80 Å². The molecule has 0 saturated carbocycles. The number of hydrogen-bond acceptors (Lipinski definition) is 6. The van der Waals surface area contributed by atoms with Crippen LogP contribution in [0.25, 0.3) is 11.2 Å². The van der Waals surface area contributed by atoms with Crippen molar-refractivity contribution in [2.24, 2.45) is 11.8 Å². The van der Waals surface area contributed by atoms with Crippen molar-refractivity contribution in [3.05, 3.63) is 36.4 Å². The molecule has 0 spiro atoms. The predicted molar refractivity (Wildman–Crippen MR) is 107 cm³/mol. The van der Waals surface area contributed by atoms with E-state index in [0.717, 1.165) is 17.3 Å². The molecule has 2 aliphatic rings. The Morgan fingerprint density at radius 3 is 2.59 bits per heavy atom. The van der Waals surface area contributed by atoms with Crippen molar-refractivity contribution in [3.63, 3.8) is 0 Å². The summed E-state index contributed by atoms with van der Waals surface area (Å²) in [5.74, 6) is 1.03. The largest absolute Gasteiger partial charge is 0.419 e. The Labute approximate surface area is 179 Å². The van der Waals surface area contributed by atoms with Crippen molar-refractivity contribution >= 4 is 22.7 Å². The number of halogens is 5. The molecule has 12 heteroatoms. The lowest BCUT2D eigenvalue weighted by molar-refractivity contribution is -0.137. The second-order valence-electron chi connectivity index (χ2n) is 8.21. The van der Waals surface area contributed by atoms with Crippen LogP contribution in [-0.4, -0.2) is 57.3 Å². The van der Waals surface area contributed by atoms with E-state index in [0.29, 0.717) is 49.1 Å². The summed E-state index contributed by atoms with van der Waals surface area (Å²) in [6.07, 6.45) is -1.02. The molecule has 3 aromatic rings. The highest BCUT2D eigenvalue weighted by Crippen LogP contribution is 2.40. The van der Waals surface area contributed by atoms with E-state index in [4.69, 9.17) is 0 Å². The summed E-state index contributed by atoms with van der Waals surface area (Å²) in [6, 6.07) is 1.42. The first-order chi connectivity index (χ1) is 15.3. The van der Waals surface area contributed by atoms with E-state index in [9.17, 15) is 22.0 Å². The molecule has 2 fully saturated rings. The van der Waals surface area contributed by atoms with Crippen molar-refractivity contribution in [2.45, 2.75) is 25.6 Å². The van der Waals surface area contributed by atoms with Crippen molar-refractivity contribution in [3.8, 4) is 0 Å². The highest BCUT2D eigenvalue weighted by atomic mass is 19.4. The van der Waals surface area contributed by atoms with Gasteiger partial charge in [0, 0.05) is 38.6 Å². The molecule has 2 atom stereocenters. The molecular weight excluding hydrogens is 433 g/mol. The van der Waals surface area contributed by atoms with Gasteiger partial charge in [0.25, 0.3) is 6.43 Å². The van der Waals surface area contributed by atoms with Gasteiger partial charge in [0.05, 0.1) is 23.6 Å². The summed E-state index contributed by atoms with van der Waals surface area (Å²) in [5, 5.41) is 3.94. The Kier molecular flexibility index (Phi) is 5.09. The van der Waals surface area contributed by atoms with Gasteiger partial charge in [-0.25, -0.2) is 23.4 Å². The summed E-state index contributed by atoms with van der Waals surface area (Å²) < 4.78 is 67.0. The molecule has 7 nitrogen and oxygen atoms in total. The minimum absolute atomic E-state index is 0.154.